The molecule has 1 fully saturated rings. The van der Waals surface area contributed by atoms with Crippen LogP contribution in [-0.2, 0) is 19.1 Å². The zero-order valence-electron chi connectivity index (χ0n) is 26.0. The third-order valence-electron chi connectivity index (χ3n) is 8.97. The molecule has 5 rings (SSSR count). The molecule has 2 aliphatic rings. The number of rotatable bonds is 10. The van der Waals surface area contributed by atoms with Crippen molar-refractivity contribution >= 4 is 40.9 Å². The second-order valence-corrected chi connectivity index (χ2v) is 12.5. The van der Waals surface area contributed by atoms with E-state index in [0.717, 1.165) is 25.9 Å². The Labute approximate surface area is 276 Å². The van der Waals surface area contributed by atoms with E-state index in [9.17, 15) is 9.59 Å². The average molecular weight is 648 g/mol. The van der Waals surface area contributed by atoms with Gasteiger partial charge in [-0.05, 0) is 75.4 Å². The number of esters is 2. The molecule has 45 heavy (non-hydrogen) atoms. The lowest BCUT2D eigenvalue weighted by Gasteiger charge is -2.36. The number of piperidine rings is 1. The molecule has 0 aliphatic carbocycles. The van der Waals surface area contributed by atoms with Gasteiger partial charge in [-0.1, -0.05) is 96.0 Å². The summed E-state index contributed by atoms with van der Waals surface area (Å²) in [6.07, 6.45) is 2.11. The highest BCUT2D eigenvalue weighted by atomic mass is 35.5. The van der Waals surface area contributed by atoms with Crippen molar-refractivity contribution in [2.75, 3.05) is 32.8 Å². The summed E-state index contributed by atoms with van der Waals surface area (Å²) in [5.41, 5.74) is 4.61. The van der Waals surface area contributed by atoms with E-state index in [4.69, 9.17) is 32.7 Å². The number of benzene rings is 3. The number of carbonyl (C=O) groups excluding carboxylic acids is 2. The van der Waals surface area contributed by atoms with Crippen molar-refractivity contribution in [2.24, 2.45) is 16.8 Å². The molecule has 0 bridgehead atoms. The fraction of sp³-hybridized carbons (Fsp3) is 0.378. The Hall–Kier alpha value is -3.45. The van der Waals surface area contributed by atoms with Gasteiger partial charge in [0.25, 0.3) is 0 Å². The fourth-order valence-electron chi connectivity index (χ4n) is 6.85. The van der Waals surface area contributed by atoms with Crippen LogP contribution in [0.1, 0.15) is 62.1 Å². The summed E-state index contributed by atoms with van der Waals surface area (Å²) >= 11 is 13.0. The van der Waals surface area contributed by atoms with Crippen LogP contribution in [0.15, 0.2) is 95.1 Å². The summed E-state index contributed by atoms with van der Waals surface area (Å²) < 4.78 is 11.3. The van der Waals surface area contributed by atoms with Crippen LogP contribution in [-0.4, -0.2) is 55.4 Å². The average Bonchev–Trinajstić information content (AvgIpc) is 3.04. The molecule has 2 atom stereocenters. The summed E-state index contributed by atoms with van der Waals surface area (Å²) in [6.45, 7) is 8.18. The third-order valence-corrected chi connectivity index (χ3v) is 9.80. The molecule has 0 spiro atoms. The molecule has 236 valence electrons. The number of allylic oxidation sites excluding steroid dienone is 1. The zero-order chi connectivity index (χ0) is 31.9. The molecule has 2 unspecified atom stereocenters. The van der Waals surface area contributed by atoms with Gasteiger partial charge in [0.2, 0.25) is 0 Å². The van der Waals surface area contributed by atoms with Gasteiger partial charge in [-0.25, -0.2) is 4.79 Å². The van der Waals surface area contributed by atoms with E-state index in [1.165, 1.54) is 11.1 Å². The first-order valence-electron chi connectivity index (χ1n) is 15.7. The van der Waals surface area contributed by atoms with Crippen LogP contribution in [0.25, 0.3) is 0 Å². The largest absolute Gasteiger partial charge is 0.465 e. The number of carbonyl (C=O) groups is 2. The summed E-state index contributed by atoms with van der Waals surface area (Å²) in [6, 6.07) is 26.7. The van der Waals surface area contributed by atoms with Gasteiger partial charge in [0.05, 0.1) is 22.2 Å². The van der Waals surface area contributed by atoms with Gasteiger partial charge >= 0.3 is 11.9 Å². The Bertz CT molecular complexity index is 1510. The van der Waals surface area contributed by atoms with Gasteiger partial charge in [0, 0.05) is 29.8 Å². The number of hydrogen-bond donors (Lipinski definition) is 0. The fourth-order valence-corrected chi connectivity index (χ4v) is 7.27. The van der Waals surface area contributed by atoms with Gasteiger partial charge in [-0.3, -0.25) is 14.7 Å². The number of nitrogens with zero attached hydrogens (tertiary/aromatic N) is 2. The monoisotopic (exact) mass is 646 g/mol. The minimum Gasteiger partial charge on any atom is -0.465 e. The van der Waals surface area contributed by atoms with Crippen molar-refractivity contribution in [1.29, 1.82) is 0 Å². The molecule has 6 nitrogen and oxygen atoms in total. The van der Waals surface area contributed by atoms with Gasteiger partial charge in [-0.2, -0.15) is 0 Å². The van der Waals surface area contributed by atoms with Crippen LogP contribution in [0.4, 0.5) is 0 Å². The van der Waals surface area contributed by atoms with Crippen molar-refractivity contribution < 1.29 is 19.1 Å². The molecule has 2 aliphatic heterocycles. The number of ether oxygens (including phenoxy) is 2. The number of halogens is 2. The smallest absolute Gasteiger partial charge is 0.336 e. The first kappa shape index (κ1) is 32.9. The third kappa shape index (κ3) is 7.51. The van der Waals surface area contributed by atoms with E-state index in [0.29, 0.717) is 51.0 Å². The van der Waals surface area contributed by atoms with E-state index in [1.54, 1.807) is 39.0 Å². The van der Waals surface area contributed by atoms with Crippen LogP contribution >= 0.6 is 23.2 Å². The van der Waals surface area contributed by atoms with E-state index < -0.39 is 23.8 Å². The van der Waals surface area contributed by atoms with Crippen molar-refractivity contribution in [3.63, 3.8) is 0 Å². The quantitative estimate of drug-likeness (QED) is 0.208. The maximum atomic E-state index is 13.7. The molecule has 8 heteroatoms. The Morgan fingerprint density at radius 1 is 0.889 bits per heavy atom. The minimum absolute atomic E-state index is 0.204. The Morgan fingerprint density at radius 2 is 1.51 bits per heavy atom. The van der Waals surface area contributed by atoms with E-state index in [-0.39, 0.29) is 13.2 Å². The van der Waals surface area contributed by atoms with Crippen LogP contribution in [0.5, 0.6) is 0 Å². The highest BCUT2D eigenvalue weighted by Gasteiger charge is 2.43. The van der Waals surface area contributed by atoms with Gasteiger partial charge in [-0.15, -0.1) is 0 Å². The van der Waals surface area contributed by atoms with Crippen LogP contribution in [0, 0.1) is 11.8 Å². The van der Waals surface area contributed by atoms with Gasteiger partial charge < -0.3 is 9.47 Å². The zero-order valence-corrected chi connectivity index (χ0v) is 27.6. The molecule has 2 heterocycles. The number of likely N-dealkylation sites (tertiary alicyclic amines) is 1. The molecule has 0 amide bonds. The van der Waals surface area contributed by atoms with Crippen molar-refractivity contribution in [2.45, 2.75) is 45.4 Å². The SMILES string of the molecule is CCOC(=O)C1C(C)=NC(C)=C(C(=O)OCCN2CCC(C(c3ccccc3)c3ccccc3)CC2)C1c1cccc(Cl)c1Cl. The lowest BCUT2D eigenvalue weighted by molar-refractivity contribution is -0.146. The molecule has 1 saturated heterocycles. The van der Waals surface area contributed by atoms with E-state index in [2.05, 4.69) is 70.6 Å². The summed E-state index contributed by atoms with van der Waals surface area (Å²) in [7, 11) is 0. The molecule has 3 aromatic carbocycles. The van der Waals surface area contributed by atoms with E-state index >= 15 is 0 Å². The summed E-state index contributed by atoms with van der Waals surface area (Å²) in [4.78, 5) is 33.8. The second kappa shape index (κ2) is 15.2. The molecule has 3 aromatic rings. The maximum absolute atomic E-state index is 13.7. The summed E-state index contributed by atoms with van der Waals surface area (Å²) in [5, 5.41) is 0.630. The Balaban J connectivity index is 1.26. The second-order valence-electron chi connectivity index (χ2n) is 11.7. The van der Waals surface area contributed by atoms with Crippen molar-refractivity contribution in [1.82, 2.24) is 4.90 Å². The summed E-state index contributed by atoms with van der Waals surface area (Å²) in [5.74, 6) is -1.67. The van der Waals surface area contributed by atoms with Gasteiger partial charge in [0.15, 0.2) is 0 Å². The molecule has 0 aromatic heterocycles. The van der Waals surface area contributed by atoms with Crippen molar-refractivity contribution in [3.05, 3.63) is 117 Å². The van der Waals surface area contributed by atoms with Gasteiger partial charge in [0.1, 0.15) is 12.5 Å². The highest BCUT2D eigenvalue weighted by Crippen LogP contribution is 2.44. The molecular weight excluding hydrogens is 607 g/mol. The maximum Gasteiger partial charge on any atom is 0.336 e. The predicted octanol–water partition coefficient (Wildman–Crippen LogP) is 8.09. The molecule has 0 saturated carbocycles. The first-order chi connectivity index (χ1) is 21.8. The lowest BCUT2D eigenvalue weighted by atomic mass is 9.75. The Kier molecular flexibility index (Phi) is 11.1. The predicted molar refractivity (Wildman–Crippen MR) is 180 cm³/mol. The van der Waals surface area contributed by atoms with Crippen LogP contribution in [0.3, 0.4) is 0 Å². The standard InChI is InChI=1S/C37H40Cl2N2O4/c1-4-44-36(42)31-24(2)40-25(3)32(34(31)29-16-11-17-30(38)35(29)39)37(43)45-23-22-41-20-18-28(19-21-41)33(26-12-7-5-8-13-26)27-14-9-6-10-15-27/h5-17,28,31,33-34H,4,18-23H2,1-3H3. The normalized spacial score (nSPS) is 19.4. The topological polar surface area (TPSA) is 68.2 Å². The minimum atomic E-state index is -0.826. The molecular formula is C37H40Cl2N2O4. The van der Waals surface area contributed by atoms with Crippen LogP contribution < -0.4 is 0 Å². The number of aliphatic imine (C=N–C) groups is 1. The number of hydrogen-bond acceptors (Lipinski definition) is 6. The molecule has 0 radical (unpaired) electrons. The van der Waals surface area contributed by atoms with Crippen molar-refractivity contribution in [3.8, 4) is 0 Å². The lowest BCUT2D eigenvalue weighted by Crippen LogP contribution is -2.39. The van der Waals surface area contributed by atoms with E-state index in [1.807, 2.05) is 0 Å². The van der Waals surface area contributed by atoms with Crippen LogP contribution in [0.2, 0.25) is 10.0 Å². The molecule has 0 N–H and O–H groups in total. The Morgan fingerprint density at radius 3 is 2.11 bits per heavy atom. The highest BCUT2D eigenvalue weighted by molar-refractivity contribution is 6.42. The first-order valence-corrected chi connectivity index (χ1v) is 16.4.